The lowest BCUT2D eigenvalue weighted by molar-refractivity contribution is -0.929. The SMILES string of the molecule is CCCC[N+](CCCC)(CCCC)CCCC.CCC[C-](C)[N+](=O)[O-]. The van der Waals surface area contributed by atoms with Crippen molar-refractivity contribution in [3.8, 4) is 0 Å². The lowest BCUT2D eigenvalue weighted by Crippen LogP contribution is -2.50. The van der Waals surface area contributed by atoms with Crippen molar-refractivity contribution < 1.29 is 9.41 Å². The number of nitrogens with zero attached hydrogens (tertiary/aromatic N) is 2. The van der Waals surface area contributed by atoms with Crippen LogP contribution in [0.4, 0.5) is 0 Å². The van der Waals surface area contributed by atoms with Gasteiger partial charge >= 0.3 is 0 Å². The molecule has 0 saturated carbocycles. The fraction of sp³-hybridized carbons (Fsp3) is 0.952. The van der Waals surface area contributed by atoms with Gasteiger partial charge in [0.15, 0.2) is 0 Å². The molecule has 0 radical (unpaired) electrons. The van der Waals surface area contributed by atoms with Crippen molar-refractivity contribution in [2.75, 3.05) is 26.2 Å². The van der Waals surface area contributed by atoms with E-state index in [2.05, 4.69) is 27.7 Å². The van der Waals surface area contributed by atoms with Crippen molar-refractivity contribution >= 4 is 0 Å². The van der Waals surface area contributed by atoms with Crippen LogP contribution in [-0.4, -0.2) is 35.6 Å². The second kappa shape index (κ2) is 18.0. The molecule has 25 heavy (non-hydrogen) atoms. The molecule has 4 heteroatoms. The van der Waals surface area contributed by atoms with Crippen LogP contribution in [0.3, 0.4) is 0 Å². The predicted octanol–water partition coefficient (Wildman–Crippen LogP) is 6.62. The van der Waals surface area contributed by atoms with Gasteiger partial charge in [-0.1, -0.05) is 66.7 Å². The zero-order valence-electron chi connectivity index (χ0n) is 18.1. The lowest BCUT2D eigenvalue weighted by Gasteiger charge is -2.39. The highest BCUT2D eigenvalue weighted by Crippen LogP contribution is 2.16. The minimum atomic E-state index is -0.330. The minimum Gasteiger partial charge on any atom is -0.324 e. The maximum absolute atomic E-state index is 9.86. The van der Waals surface area contributed by atoms with E-state index in [1.807, 2.05) is 6.92 Å². The Hall–Kier alpha value is -0.770. The van der Waals surface area contributed by atoms with E-state index in [4.69, 9.17) is 0 Å². The van der Waals surface area contributed by atoms with Crippen LogP contribution in [0.15, 0.2) is 0 Å². The molecule has 0 amide bonds. The summed E-state index contributed by atoms with van der Waals surface area (Å²) >= 11 is 0. The Labute approximate surface area is 158 Å². The van der Waals surface area contributed by atoms with Crippen molar-refractivity contribution in [1.82, 2.24) is 0 Å². The van der Waals surface area contributed by atoms with Gasteiger partial charge in [-0.15, -0.1) is 18.3 Å². The van der Waals surface area contributed by atoms with E-state index < -0.39 is 0 Å². The predicted molar refractivity (Wildman–Crippen MR) is 110 cm³/mol. The summed E-state index contributed by atoms with van der Waals surface area (Å²) in [6.07, 6.45) is 12.5. The molecule has 0 aromatic rings. The van der Waals surface area contributed by atoms with Gasteiger partial charge in [0, 0.05) is 0 Å². The molecule has 0 atom stereocenters. The number of hydrogen-bond donors (Lipinski definition) is 0. The van der Waals surface area contributed by atoms with Crippen molar-refractivity contribution in [3.63, 3.8) is 0 Å². The first-order valence-corrected chi connectivity index (χ1v) is 10.7. The van der Waals surface area contributed by atoms with Gasteiger partial charge < -0.3 is 4.48 Å². The highest BCUT2D eigenvalue weighted by molar-refractivity contribution is 4.66. The van der Waals surface area contributed by atoms with Crippen LogP contribution in [-0.2, 0) is 0 Å². The maximum atomic E-state index is 9.86. The number of nitro groups is 1. The third-order valence-corrected chi connectivity index (χ3v) is 4.87. The Balaban J connectivity index is 0. The maximum Gasteiger partial charge on any atom is 0.0786 e. The number of unbranched alkanes of at least 4 members (excludes halogenated alkanes) is 4. The monoisotopic (exact) mass is 358 g/mol. The molecule has 0 rings (SSSR count). The van der Waals surface area contributed by atoms with E-state index in [-0.39, 0.29) is 4.92 Å². The zero-order valence-corrected chi connectivity index (χ0v) is 18.1. The quantitative estimate of drug-likeness (QED) is 0.143. The highest BCUT2D eigenvalue weighted by atomic mass is 16.6. The lowest BCUT2D eigenvalue weighted by atomic mass is 10.1. The molecule has 0 saturated heterocycles. The van der Waals surface area contributed by atoms with E-state index in [9.17, 15) is 10.1 Å². The zero-order chi connectivity index (χ0) is 19.6. The molecule has 0 aliphatic heterocycles. The van der Waals surface area contributed by atoms with E-state index in [0.717, 1.165) is 6.42 Å². The summed E-state index contributed by atoms with van der Waals surface area (Å²) in [5.41, 5.74) is 0. The minimum absolute atomic E-state index is 0.330. The molecule has 0 unspecified atom stereocenters. The van der Waals surface area contributed by atoms with Gasteiger partial charge in [0.1, 0.15) is 0 Å². The first kappa shape index (κ1) is 26.5. The van der Waals surface area contributed by atoms with E-state index in [1.165, 1.54) is 82.0 Å². The smallest absolute Gasteiger partial charge is 0.0786 e. The van der Waals surface area contributed by atoms with Crippen LogP contribution in [0.25, 0.3) is 0 Å². The molecule has 0 N–H and O–H groups in total. The normalized spacial score (nSPS) is 11.0. The summed E-state index contributed by atoms with van der Waals surface area (Å²) in [5, 5.41) is 9.86. The molecular weight excluding hydrogens is 312 g/mol. The first-order chi connectivity index (χ1) is 11.9. The Morgan fingerprint density at radius 3 is 1.20 bits per heavy atom. The van der Waals surface area contributed by atoms with Gasteiger partial charge in [-0.2, -0.15) is 0 Å². The Kier molecular flexibility index (Phi) is 19.1. The summed E-state index contributed by atoms with van der Waals surface area (Å²) in [6, 6.07) is 0.354. The van der Waals surface area contributed by atoms with Crippen molar-refractivity contribution in [3.05, 3.63) is 16.2 Å². The summed E-state index contributed by atoms with van der Waals surface area (Å²) in [4.78, 5) is 9.53. The summed E-state index contributed by atoms with van der Waals surface area (Å²) < 4.78 is 1.42. The number of rotatable bonds is 15. The summed E-state index contributed by atoms with van der Waals surface area (Å²) in [7, 11) is 0. The Morgan fingerprint density at radius 2 is 1.04 bits per heavy atom. The third-order valence-electron chi connectivity index (χ3n) is 4.87. The Morgan fingerprint density at radius 1 is 0.720 bits per heavy atom. The van der Waals surface area contributed by atoms with Crippen molar-refractivity contribution in [1.29, 1.82) is 0 Å². The fourth-order valence-corrected chi connectivity index (χ4v) is 3.10. The van der Waals surface area contributed by atoms with E-state index in [1.54, 1.807) is 6.92 Å². The topological polar surface area (TPSA) is 43.1 Å². The molecule has 0 aliphatic rings. The fourth-order valence-electron chi connectivity index (χ4n) is 3.10. The van der Waals surface area contributed by atoms with Crippen LogP contribution in [0, 0.1) is 16.2 Å². The second-order valence-electron chi connectivity index (χ2n) is 7.39. The molecule has 0 fully saturated rings. The van der Waals surface area contributed by atoms with E-state index >= 15 is 0 Å². The van der Waals surface area contributed by atoms with Crippen LogP contribution >= 0.6 is 0 Å². The summed E-state index contributed by atoms with van der Waals surface area (Å²) in [5.74, 6) is 0. The molecule has 152 valence electrons. The molecule has 0 spiro atoms. The van der Waals surface area contributed by atoms with Crippen molar-refractivity contribution in [2.24, 2.45) is 0 Å². The molecule has 0 aromatic carbocycles. The van der Waals surface area contributed by atoms with Gasteiger partial charge in [-0.3, -0.25) is 10.1 Å². The van der Waals surface area contributed by atoms with Gasteiger partial charge in [0.2, 0.25) is 0 Å². The number of quaternary nitrogens is 1. The first-order valence-electron chi connectivity index (χ1n) is 10.7. The molecule has 0 aliphatic carbocycles. The average Bonchev–Trinajstić information content (AvgIpc) is 2.61. The number of hydrogen-bond acceptors (Lipinski definition) is 2. The largest absolute Gasteiger partial charge is 0.324 e. The Bertz CT molecular complexity index is 258. The van der Waals surface area contributed by atoms with Gasteiger partial charge in [-0.25, -0.2) is 0 Å². The molecule has 0 bridgehead atoms. The van der Waals surface area contributed by atoms with Gasteiger partial charge in [0.25, 0.3) is 0 Å². The third kappa shape index (κ3) is 15.2. The highest BCUT2D eigenvalue weighted by Gasteiger charge is 2.24. The van der Waals surface area contributed by atoms with Crippen LogP contribution in [0.5, 0.6) is 0 Å². The molecule has 4 nitrogen and oxygen atoms in total. The van der Waals surface area contributed by atoms with Gasteiger partial charge in [0.05, 0.1) is 26.2 Å². The molecular formula is C21H46N2O2. The second-order valence-corrected chi connectivity index (χ2v) is 7.39. The van der Waals surface area contributed by atoms with Gasteiger partial charge in [-0.05, 0) is 31.7 Å². The van der Waals surface area contributed by atoms with Crippen LogP contribution in [0.1, 0.15) is 106 Å². The van der Waals surface area contributed by atoms with Crippen molar-refractivity contribution in [2.45, 2.75) is 106 Å². The molecule has 0 aromatic heterocycles. The average molecular weight is 359 g/mol. The van der Waals surface area contributed by atoms with Crippen LogP contribution in [0.2, 0.25) is 0 Å². The van der Waals surface area contributed by atoms with E-state index in [0.29, 0.717) is 12.5 Å². The standard InChI is InChI=1S/C16H36N.C5H10NO2/c1-5-9-13-17(14-10-6-2,15-11-7-3)16-12-8-4;1-3-4-5(2)6(7)8/h5-16H2,1-4H3;3-4H2,1-2H3/q+1;-1. The van der Waals surface area contributed by atoms with Crippen LogP contribution < -0.4 is 0 Å². The molecule has 0 heterocycles. The summed E-state index contributed by atoms with van der Waals surface area (Å²) in [6.45, 7) is 18.5.